The van der Waals surface area contributed by atoms with Crippen molar-refractivity contribution in [3.63, 3.8) is 0 Å². The summed E-state index contributed by atoms with van der Waals surface area (Å²) in [5, 5.41) is 18.7. The van der Waals surface area contributed by atoms with E-state index in [2.05, 4.69) is 20.7 Å². The van der Waals surface area contributed by atoms with Crippen LogP contribution in [-0.4, -0.2) is 79.2 Å². The second-order valence-electron chi connectivity index (χ2n) is 11.4. The highest BCUT2D eigenvalue weighted by molar-refractivity contribution is 5.94. The summed E-state index contributed by atoms with van der Waals surface area (Å²) in [6.45, 7) is 0.321. The minimum absolute atomic E-state index is 0.0144. The molecule has 256 valence electrons. The third kappa shape index (κ3) is 9.36. The summed E-state index contributed by atoms with van der Waals surface area (Å²) < 4.78 is 10.4. The van der Waals surface area contributed by atoms with Gasteiger partial charge < -0.3 is 25.2 Å². The zero-order valence-electron chi connectivity index (χ0n) is 27.2. The van der Waals surface area contributed by atoms with Gasteiger partial charge in [0.25, 0.3) is 5.91 Å². The number of carbonyl (C=O) groups excluding carboxylic acids is 4. The van der Waals surface area contributed by atoms with Crippen LogP contribution in [0.15, 0.2) is 77.9 Å². The number of azide groups is 1. The molecule has 2 atom stereocenters. The van der Waals surface area contributed by atoms with Crippen molar-refractivity contribution in [1.82, 2.24) is 15.5 Å². The van der Waals surface area contributed by atoms with Crippen molar-refractivity contribution in [3.05, 3.63) is 99.9 Å². The van der Waals surface area contributed by atoms with Crippen molar-refractivity contribution in [2.24, 2.45) is 5.11 Å². The van der Waals surface area contributed by atoms with Crippen molar-refractivity contribution in [3.8, 4) is 11.1 Å². The fourth-order valence-corrected chi connectivity index (χ4v) is 5.74. The number of unbranched alkanes of at least 4 members (excludes halogenated alkanes) is 1. The standard InChI is InChI=1S/C35H38N6O8/c1-41(35(47)49-21-28-26-11-5-3-9-24(26)25-10-4-6-12-27(25)28)30(33(44)45)18-19-31(42)38-29(34(46)48-2)13-7-8-20-37-32(43)22-14-16-23(17-15-22)39-40-36/h3-6,9-12,14-17,28-30H,7-8,13,18-21H2,1-2H3,(H,37,43)(H,38,42)(H,44,45)/t29-,30-/m0/s1. The van der Waals surface area contributed by atoms with Gasteiger partial charge in [-0.2, -0.15) is 0 Å². The number of hydrogen-bond acceptors (Lipinski definition) is 8. The monoisotopic (exact) mass is 670 g/mol. The van der Waals surface area contributed by atoms with E-state index >= 15 is 0 Å². The molecule has 0 aromatic heterocycles. The number of carbonyl (C=O) groups is 5. The first-order chi connectivity index (χ1) is 23.6. The molecule has 0 aliphatic heterocycles. The summed E-state index contributed by atoms with van der Waals surface area (Å²) in [6, 6.07) is 19.5. The molecule has 0 bridgehead atoms. The Kier molecular flexibility index (Phi) is 12.7. The molecule has 0 heterocycles. The van der Waals surface area contributed by atoms with Crippen molar-refractivity contribution >= 4 is 35.5 Å². The van der Waals surface area contributed by atoms with Crippen LogP contribution in [0.2, 0.25) is 0 Å². The molecule has 14 heteroatoms. The Morgan fingerprint density at radius 1 is 0.939 bits per heavy atom. The molecule has 4 rings (SSSR count). The number of nitrogens with zero attached hydrogens (tertiary/aromatic N) is 4. The highest BCUT2D eigenvalue weighted by Crippen LogP contribution is 2.44. The van der Waals surface area contributed by atoms with Crippen molar-refractivity contribution < 1.29 is 38.6 Å². The van der Waals surface area contributed by atoms with Crippen LogP contribution in [-0.2, 0) is 23.9 Å². The highest BCUT2D eigenvalue weighted by Gasteiger charge is 2.32. The Labute approximate surface area is 283 Å². The van der Waals surface area contributed by atoms with Gasteiger partial charge in [0.1, 0.15) is 18.7 Å². The molecule has 0 radical (unpaired) electrons. The van der Waals surface area contributed by atoms with E-state index in [9.17, 15) is 29.1 Å². The van der Waals surface area contributed by atoms with Crippen LogP contribution in [0.5, 0.6) is 0 Å². The third-order valence-corrected chi connectivity index (χ3v) is 8.34. The summed E-state index contributed by atoms with van der Waals surface area (Å²) in [7, 11) is 2.50. The number of benzene rings is 3. The van der Waals surface area contributed by atoms with Gasteiger partial charge >= 0.3 is 18.0 Å². The SMILES string of the molecule is COC(=O)[C@H](CCCCNC(=O)c1ccc(N=[N+]=[N-])cc1)NC(=O)CC[C@@H](C(=O)O)N(C)C(=O)OCC1c2ccccc2-c2ccccc21. The van der Waals surface area contributed by atoms with Crippen LogP contribution >= 0.6 is 0 Å². The van der Waals surface area contributed by atoms with Crippen LogP contribution in [0.4, 0.5) is 10.5 Å². The molecule has 0 spiro atoms. The lowest BCUT2D eigenvalue weighted by Crippen LogP contribution is -2.45. The molecule has 1 aliphatic rings. The molecule has 1 aliphatic carbocycles. The Hall–Kier alpha value is -5.88. The van der Waals surface area contributed by atoms with Crippen LogP contribution in [0, 0.1) is 0 Å². The second kappa shape index (κ2) is 17.3. The maximum atomic E-state index is 13.0. The number of nitrogens with one attached hydrogen (secondary N) is 2. The maximum absolute atomic E-state index is 13.0. The molecule has 0 saturated carbocycles. The minimum Gasteiger partial charge on any atom is -0.480 e. The number of carboxylic acids is 1. The molecule has 0 fully saturated rings. The van der Waals surface area contributed by atoms with Crippen molar-refractivity contribution in [2.45, 2.75) is 50.1 Å². The predicted octanol–water partition coefficient (Wildman–Crippen LogP) is 5.30. The number of hydrogen-bond donors (Lipinski definition) is 3. The van der Waals surface area contributed by atoms with Gasteiger partial charge in [-0.1, -0.05) is 65.8 Å². The van der Waals surface area contributed by atoms with Gasteiger partial charge in [-0.3, -0.25) is 14.5 Å². The smallest absolute Gasteiger partial charge is 0.410 e. The largest absolute Gasteiger partial charge is 0.480 e. The Balaban J connectivity index is 1.23. The average Bonchev–Trinajstić information content (AvgIpc) is 3.43. The lowest BCUT2D eigenvalue weighted by Gasteiger charge is -2.25. The number of methoxy groups -OCH3 is 1. The Morgan fingerprint density at radius 3 is 2.16 bits per heavy atom. The summed E-state index contributed by atoms with van der Waals surface area (Å²) in [5.74, 6) is -3.07. The van der Waals surface area contributed by atoms with Crippen LogP contribution < -0.4 is 10.6 Å². The first-order valence-electron chi connectivity index (χ1n) is 15.8. The molecule has 49 heavy (non-hydrogen) atoms. The van der Waals surface area contributed by atoms with Crippen LogP contribution in [0.1, 0.15) is 59.5 Å². The van der Waals surface area contributed by atoms with E-state index in [0.717, 1.165) is 27.2 Å². The number of amides is 3. The average molecular weight is 671 g/mol. The number of likely N-dealkylation sites (N-methyl/N-ethyl adjacent to an activating group) is 1. The van der Waals surface area contributed by atoms with Gasteiger partial charge in [0, 0.05) is 42.1 Å². The maximum Gasteiger partial charge on any atom is 0.410 e. The molecule has 3 amide bonds. The minimum atomic E-state index is -1.35. The second-order valence-corrected chi connectivity index (χ2v) is 11.4. The summed E-state index contributed by atoms with van der Waals surface area (Å²) >= 11 is 0. The third-order valence-electron chi connectivity index (χ3n) is 8.34. The number of ether oxygens (including phenoxy) is 2. The zero-order valence-corrected chi connectivity index (χ0v) is 27.2. The van der Waals surface area contributed by atoms with E-state index in [1.54, 1.807) is 0 Å². The molecule has 0 saturated heterocycles. The van der Waals surface area contributed by atoms with E-state index in [1.807, 2.05) is 48.5 Å². The molecule has 0 unspecified atom stereocenters. The number of aliphatic carboxylic acids is 1. The number of esters is 1. The Morgan fingerprint density at radius 2 is 1.57 bits per heavy atom. The van der Waals surface area contributed by atoms with Gasteiger partial charge in [-0.15, -0.1) is 0 Å². The fraction of sp³-hybridized carbons (Fsp3) is 0.343. The number of carboxylic acid groups (broad SMARTS) is 1. The summed E-state index contributed by atoms with van der Waals surface area (Å²) in [6.07, 6.45) is -0.154. The topological polar surface area (TPSA) is 200 Å². The quantitative estimate of drug-likeness (QED) is 0.0599. The lowest BCUT2D eigenvalue weighted by molar-refractivity contribution is -0.146. The molecular formula is C35H38N6O8. The molecule has 3 aromatic carbocycles. The lowest BCUT2D eigenvalue weighted by atomic mass is 9.98. The predicted molar refractivity (Wildman–Crippen MR) is 179 cm³/mol. The van der Waals surface area contributed by atoms with E-state index in [4.69, 9.17) is 15.0 Å². The van der Waals surface area contributed by atoms with Crippen LogP contribution in [0.3, 0.4) is 0 Å². The zero-order chi connectivity index (χ0) is 35.3. The summed E-state index contributed by atoms with van der Waals surface area (Å²) in [5.41, 5.74) is 13.4. The van der Waals surface area contributed by atoms with Gasteiger partial charge in [0.2, 0.25) is 5.91 Å². The van der Waals surface area contributed by atoms with Gasteiger partial charge in [-0.05, 0) is 65.6 Å². The van der Waals surface area contributed by atoms with E-state index in [0.29, 0.717) is 30.6 Å². The van der Waals surface area contributed by atoms with E-state index in [-0.39, 0.29) is 37.7 Å². The normalized spacial score (nSPS) is 12.7. The van der Waals surface area contributed by atoms with E-state index in [1.165, 1.54) is 38.4 Å². The van der Waals surface area contributed by atoms with Gasteiger partial charge in [0.15, 0.2) is 0 Å². The van der Waals surface area contributed by atoms with Crippen molar-refractivity contribution in [2.75, 3.05) is 27.3 Å². The van der Waals surface area contributed by atoms with Crippen LogP contribution in [0.25, 0.3) is 21.6 Å². The van der Waals surface area contributed by atoms with Gasteiger partial charge in [-0.25, -0.2) is 14.4 Å². The number of rotatable bonds is 16. The summed E-state index contributed by atoms with van der Waals surface area (Å²) in [4.78, 5) is 66.2. The molecular weight excluding hydrogens is 632 g/mol. The highest BCUT2D eigenvalue weighted by atomic mass is 16.6. The van der Waals surface area contributed by atoms with Gasteiger partial charge in [0.05, 0.1) is 7.11 Å². The number of fused-ring (bicyclic) bond motifs is 3. The van der Waals surface area contributed by atoms with E-state index < -0.39 is 36.0 Å². The first kappa shape index (κ1) is 36.0. The molecule has 14 nitrogen and oxygen atoms in total. The first-order valence-corrected chi connectivity index (χ1v) is 15.8. The van der Waals surface area contributed by atoms with Crippen molar-refractivity contribution in [1.29, 1.82) is 0 Å². The Bertz CT molecular complexity index is 1680. The molecule has 3 aromatic rings. The molecule has 3 N–H and O–H groups in total. The fourth-order valence-electron chi connectivity index (χ4n) is 5.74.